The lowest BCUT2D eigenvalue weighted by molar-refractivity contribution is 0.367. The molecule has 108 valence electrons. The SMILES string of the molecule is Clc1cc(N2CCC(n3cccn3)CC2)c2cn[nH]c2c1. The summed E-state index contributed by atoms with van der Waals surface area (Å²) < 4.78 is 2.07. The molecule has 3 aromatic rings. The number of H-pyrrole nitrogens is 1. The van der Waals surface area contributed by atoms with Gasteiger partial charge in [-0.2, -0.15) is 10.2 Å². The van der Waals surface area contributed by atoms with Crippen LogP contribution < -0.4 is 4.90 Å². The van der Waals surface area contributed by atoms with Crippen molar-refractivity contribution in [2.45, 2.75) is 18.9 Å². The number of aromatic amines is 1. The molecular weight excluding hydrogens is 286 g/mol. The highest BCUT2D eigenvalue weighted by molar-refractivity contribution is 6.31. The van der Waals surface area contributed by atoms with E-state index in [0.29, 0.717) is 6.04 Å². The van der Waals surface area contributed by atoms with Gasteiger partial charge < -0.3 is 4.90 Å². The summed E-state index contributed by atoms with van der Waals surface area (Å²) in [6, 6.07) is 6.44. The zero-order chi connectivity index (χ0) is 14.2. The monoisotopic (exact) mass is 301 g/mol. The van der Waals surface area contributed by atoms with Crippen molar-refractivity contribution in [3.63, 3.8) is 0 Å². The molecule has 1 aliphatic heterocycles. The van der Waals surface area contributed by atoms with Gasteiger partial charge >= 0.3 is 0 Å². The number of piperidine rings is 1. The molecule has 6 heteroatoms. The second-order valence-corrected chi connectivity index (χ2v) is 5.90. The van der Waals surface area contributed by atoms with E-state index in [0.717, 1.165) is 41.9 Å². The Morgan fingerprint density at radius 3 is 2.86 bits per heavy atom. The normalized spacial score (nSPS) is 16.7. The molecule has 0 radical (unpaired) electrons. The van der Waals surface area contributed by atoms with E-state index in [1.165, 1.54) is 5.69 Å². The number of nitrogens with one attached hydrogen (secondary N) is 1. The number of hydrogen-bond donors (Lipinski definition) is 1. The summed E-state index contributed by atoms with van der Waals surface area (Å²) in [5.41, 5.74) is 2.16. The summed E-state index contributed by atoms with van der Waals surface area (Å²) in [6.07, 6.45) is 7.95. The van der Waals surface area contributed by atoms with Crippen LogP contribution in [-0.2, 0) is 0 Å². The van der Waals surface area contributed by atoms with Crippen molar-refractivity contribution in [1.82, 2.24) is 20.0 Å². The number of nitrogens with zero attached hydrogens (tertiary/aromatic N) is 4. The minimum absolute atomic E-state index is 0.496. The molecule has 5 nitrogen and oxygen atoms in total. The number of halogens is 1. The lowest BCUT2D eigenvalue weighted by Gasteiger charge is -2.34. The molecule has 4 rings (SSSR count). The van der Waals surface area contributed by atoms with Crippen LogP contribution in [0.15, 0.2) is 36.8 Å². The molecule has 1 aliphatic rings. The van der Waals surface area contributed by atoms with Crippen LogP contribution in [0.1, 0.15) is 18.9 Å². The van der Waals surface area contributed by atoms with Crippen LogP contribution in [0, 0.1) is 0 Å². The van der Waals surface area contributed by atoms with Crippen molar-refractivity contribution in [3.05, 3.63) is 41.8 Å². The average molecular weight is 302 g/mol. The molecule has 3 heterocycles. The third kappa shape index (κ3) is 2.27. The number of hydrogen-bond acceptors (Lipinski definition) is 3. The summed E-state index contributed by atoms with van der Waals surface area (Å²) in [7, 11) is 0. The lowest BCUT2D eigenvalue weighted by atomic mass is 10.0. The molecule has 0 unspecified atom stereocenters. The molecule has 0 amide bonds. The number of rotatable bonds is 2. The minimum atomic E-state index is 0.496. The van der Waals surface area contributed by atoms with E-state index in [1.807, 2.05) is 36.8 Å². The summed E-state index contributed by atoms with van der Waals surface area (Å²) in [4.78, 5) is 2.39. The first-order valence-corrected chi connectivity index (χ1v) is 7.56. The van der Waals surface area contributed by atoms with Gasteiger partial charge in [-0.1, -0.05) is 11.6 Å². The van der Waals surface area contributed by atoms with Crippen molar-refractivity contribution >= 4 is 28.2 Å². The van der Waals surface area contributed by atoms with Crippen LogP contribution >= 0.6 is 11.6 Å². The van der Waals surface area contributed by atoms with Gasteiger partial charge in [-0.3, -0.25) is 9.78 Å². The maximum Gasteiger partial charge on any atom is 0.0686 e. The number of fused-ring (bicyclic) bond motifs is 1. The van der Waals surface area contributed by atoms with Gasteiger partial charge in [0.05, 0.1) is 17.8 Å². The minimum Gasteiger partial charge on any atom is -0.371 e. The quantitative estimate of drug-likeness (QED) is 0.790. The van der Waals surface area contributed by atoms with Gasteiger partial charge in [-0.05, 0) is 31.0 Å². The summed E-state index contributed by atoms with van der Waals surface area (Å²) in [6.45, 7) is 2.01. The van der Waals surface area contributed by atoms with E-state index in [2.05, 4.69) is 24.9 Å². The standard InChI is InChI=1S/C15H16ClN5/c16-11-8-14-13(10-17-19-14)15(9-11)20-6-2-12(3-7-20)21-5-1-4-18-21/h1,4-5,8-10,12H,2-3,6-7H2,(H,17,19). The predicted octanol–water partition coefficient (Wildman–Crippen LogP) is 3.25. The van der Waals surface area contributed by atoms with E-state index in [-0.39, 0.29) is 0 Å². The fraction of sp³-hybridized carbons (Fsp3) is 0.333. The van der Waals surface area contributed by atoms with Crippen LogP contribution in [0.4, 0.5) is 5.69 Å². The molecule has 1 aromatic carbocycles. The molecule has 2 aromatic heterocycles. The van der Waals surface area contributed by atoms with E-state index < -0.39 is 0 Å². The Morgan fingerprint density at radius 1 is 1.24 bits per heavy atom. The van der Waals surface area contributed by atoms with Crippen LogP contribution in [0.3, 0.4) is 0 Å². The molecule has 0 bridgehead atoms. The first-order valence-electron chi connectivity index (χ1n) is 7.18. The molecular formula is C15H16ClN5. The average Bonchev–Trinajstić information content (AvgIpc) is 3.17. The Bertz CT molecular complexity index is 741. The molecule has 21 heavy (non-hydrogen) atoms. The van der Waals surface area contributed by atoms with Gasteiger partial charge in [0.1, 0.15) is 0 Å². The summed E-state index contributed by atoms with van der Waals surface area (Å²) in [5, 5.41) is 13.4. The smallest absolute Gasteiger partial charge is 0.0686 e. The topological polar surface area (TPSA) is 49.7 Å². The highest BCUT2D eigenvalue weighted by atomic mass is 35.5. The van der Waals surface area contributed by atoms with Gasteiger partial charge in [0.15, 0.2) is 0 Å². The van der Waals surface area contributed by atoms with Crippen LogP contribution in [0.25, 0.3) is 10.9 Å². The highest BCUT2D eigenvalue weighted by Crippen LogP contribution is 2.33. The molecule has 1 saturated heterocycles. The van der Waals surface area contributed by atoms with Crippen molar-refractivity contribution in [2.75, 3.05) is 18.0 Å². The van der Waals surface area contributed by atoms with Crippen molar-refractivity contribution in [2.24, 2.45) is 0 Å². The molecule has 1 N–H and O–H groups in total. The first-order chi connectivity index (χ1) is 10.3. The van der Waals surface area contributed by atoms with Gasteiger partial charge in [0, 0.05) is 41.6 Å². The maximum absolute atomic E-state index is 6.22. The fourth-order valence-electron chi connectivity index (χ4n) is 3.13. The predicted molar refractivity (Wildman–Crippen MR) is 83.8 cm³/mol. The van der Waals surface area contributed by atoms with E-state index in [9.17, 15) is 0 Å². The van der Waals surface area contributed by atoms with Crippen molar-refractivity contribution < 1.29 is 0 Å². The Hall–Kier alpha value is -2.01. The van der Waals surface area contributed by atoms with Crippen LogP contribution in [0.5, 0.6) is 0 Å². The molecule has 1 fully saturated rings. The molecule has 0 atom stereocenters. The highest BCUT2D eigenvalue weighted by Gasteiger charge is 2.22. The third-order valence-electron chi connectivity index (χ3n) is 4.21. The Balaban J connectivity index is 1.59. The molecule has 0 saturated carbocycles. The van der Waals surface area contributed by atoms with Crippen LogP contribution in [0.2, 0.25) is 5.02 Å². The van der Waals surface area contributed by atoms with Gasteiger partial charge in [0.2, 0.25) is 0 Å². The van der Waals surface area contributed by atoms with E-state index >= 15 is 0 Å². The Labute approximate surface area is 127 Å². The molecule has 0 spiro atoms. The summed E-state index contributed by atoms with van der Waals surface area (Å²) >= 11 is 6.22. The van der Waals surface area contributed by atoms with Gasteiger partial charge in [-0.15, -0.1) is 0 Å². The number of anilines is 1. The Kier molecular flexibility index (Phi) is 3.07. The maximum atomic E-state index is 6.22. The molecule has 0 aliphatic carbocycles. The third-order valence-corrected chi connectivity index (χ3v) is 4.42. The summed E-state index contributed by atoms with van der Waals surface area (Å²) in [5.74, 6) is 0. The second-order valence-electron chi connectivity index (χ2n) is 5.46. The number of aromatic nitrogens is 4. The largest absolute Gasteiger partial charge is 0.371 e. The Morgan fingerprint density at radius 2 is 2.10 bits per heavy atom. The van der Waals surface area contributed by atoms with Crippen LogP contribution in [-0.4, -0.2) is 33.1 Å². The lowest BCUT2D eigenvalue weighted by Crippen LogP contribution is -2.34. The van der Waals surface area contributed by atoms with Gasteiger partial charge in [0.25, 0.3) is 0 Å². The fourth-order valence-corrected chi connectivity index (χ4v) is 3.34. The number of benzene rings is 1. The zero-order valence-corrected chi connectivity index (χ0v) is 12.3. The van der Waals surface area contributed by atoms with Crippen molar-refractivity contribution in [1.29, 1.82) is 0 Å². The van der Waals surface area contributed by atoms with E-state index in [1.54, 1.807) is 0 Å². The first kappa shape index (κ1) is 12.7. The van der Waals surface area contributed by atoms with E-state index in [4.69, 9.17) is 11.6 Å². The van der Waals surface area contributed by atoms with Crippen molar-refractivity contribution in [3.8, 4) is 0 Å². The zero-order valence-electron chi connectivity index (χ0n) is 11.5. The van der Waals surface area contributed by atoms with Gasteiger partial charge in [-0.25, -0.2) is 0 Å². The second kappa shape index (κ2) is 5.07.